The number of amides is 1. The first-order valence-corrected chi connectivity index (χ1v) is 7.39. The third kappa shape index (κ3) is 3.13. The predicted octanol–water partition coefficient (Wildman–Crippen LogP) is 2.47. The zero-order valence-corrected chi connectivity index (χ0v) is 13.0. The average molecular weight is 311 g/mol. The van der Waals surface area contributed by atoms with E-state index in [4.69, 9.17) is 4.74 Å². The van der Waals surface area contributed by atoms with Crippen LogP contribution in [0.2, 0.25) is 0 Å². The lowest BCUT2D eigenvalue weighted by Crippen LogP contribution is -2.17. The van der Waals surface area contributed by atoms with Gasteiger partial charge in [0.15, 0.2) is 5.65 Å². The molecule has 0 fully saturated rings. The molecule has 7 heteroatoms. The highest BCUT2D eigenvalue weighted by Crippen LogP contribution is 2.19. The number of nitrogens with one attached hydrogen (secondary N) is 1. The summed E-state index contributed by atoms with van der Waals surface area (Å²) in [6, 6.07) is 6.94. The molecular weight excluding hydrogens is 294 g/mol. The number of carbonyl (C=O) groups is 1. The number of aromatic nitrogens is 4. The van der Waals surface area contributed by atoms with Gasteiger partial charge >= 0.3 is 0 Å². The largest absolute Gasteiger partial charge is 0.477 e. The molecule has 0 spiro atoms. The minimum atomic E-state index is -0.299. The third-order valence-corrected chi connectivity index (χ3v) is 3.22. The number of carbonyl (C=O) groups excluding carboxylic acids is 1. The van der Waals surface area contributed by atoms with Gasteiger partial charge in [-0.2, -0.15) is 9.61 Å². The molecular formula is C16H17N5O2. The molecule has 3 aromatic rings. The Hall–Kier alpha value is -2.96. The molecule has 0 saturated carbocycles. The van der Waals surface area contributed by atoms with E-state index in [1.54, 1.807) is 41.2 Å². The fraction of sp³-hybridized carbons (Fsp3) is 0.250. The van der Waals surface area contributed by atoms with Crippen molar-refractivity contribution < 1.29 is 9.53 Å². The Morgan fingerprint density at radius 2 is 2.13 bits per heavy atom. The first-order valence-electron chi connectivity index (χ1n) is 7.39. The molecule has 0 saturated heterocycles. The lowest BCUT2D eigenvalue weighted by Gasteiger charge is -2.11. The molecule has 7 nitrogen and oxygen atoms in total. The maximum Gasteiger partial charge on any atom is 0.262 e. The average Bonchev–Trinajstić information content (AvgIpc) is 3.02. The molecule has 0 aliphatic rings. The monoisotopic (exact) mass is 311 g/mol. The highest BCUT2D eigenvalue weighted by atomic mass is 16.5. The summed E-state index contributed by atoms with van der Waals surface area (Å²) in [6.45, 7) is 4.37. The van der Waals surface area contributed by atoms with Gasteiger partial charge < -0.3 is 10.1 Å². The van der Waals surface area contributed by atoms with Crippen LogP contribution in [0.3, 0.4) is 0 Å². The molecule has 0 aliphatic carbocycles. The van der Waals surface area contributed by atoms with E-state index in [0.29, 0.717) is 29.5 Å². The summed E-state index contributed by atoms with van der Waals surface area (Å²) in [5.41, 5.74) is 1.85. The van der Waals surface area contributed by atoms with Gasteiger partial charge in [-0.3, -0.25) is 4.79 Å². The SMILES string of the molecule is CCCOc1nc(C)ccc1C(=O)Nc1ccnc2ccnn12. The molecule has 0 aromatic carbocycles. The second-order valence-electron chi connectivity index (χ2n) is 5.04. The van der Waals surface area contributed by atoms with Crippen LogP contribution in [0.4, 0.5) is 5.82 Å². The van der Waals surface area contributed by atoms with Crippen molar-refractivity contribution in [2.24, 2.45) is 0 Å². The van der Waals surface area contributed by atoms with E-state index in [9.17, 15) is 4.79 Å². The number of hydrogen-bond donors (Lipinski definition) is 1. The lowest BCUT2D eigenvalue weighted by atomic mass is 10.2. The van der Waals surface area contributed by atoms with Crippen LogP contribution in [0.15, 0.2) is 36.7 Å². The van der Waals surface area contributed by atoms with Crippen LogP contribution in [0, 0.1) is 6.92 Å². The van der Waals surface area contributed by atoms with Crippen LogP contribution in [0.1, 0.15) is 29.4 Å². The van der Waals surface area contributed by atoms with Crippen LogP contribution >= 0.6 is 0 Å². The van der Waals surface area contributed by atoms with Gasteiger partial charge in [-0.15, -0.1) is 0 Å². The number of hydrogen-bond acceptors (Lipinski definition) is 5. The Kier molecular flexibility index (Phi) is 4.18. The van der Waals surface area contributed by atoms with Crippen LogP contribution in [-0.2, 0) is 0 Å². The van der Waals surface area contributed by atoms with Crippen LogP contribution in [-0.4, -0.2) is 32.1 Å². The normalized spacial score (nSPS) is 10.7. The summed E-state index contributed by atoms with van der Waals surface area (Å²) in [6.07, 6.45) is 4.09. The summed E-state index contributed by atoms with van der Waals surface area (Å²) in [5.74, 6) is 0.578. The molecule has 0 radical (unpaired) electrons. The molecule has 3 heterocycles. The molecule has 23 heavy (non-hydrogen) atoms. The van der Waals surface area contributed by atoms with E-state index < -0.39 is 0 Å². The van der Waals surface area contributed by atoms with Gasteiger partial charge in [0.25, 0.3) is 5.91 Å². The van der Waals surface area contributed by atoms with E-state index in [1.807, 2.05) is 13.8 Å². The second kappa shape index (κ2) is 6.43. The molecule has 1 amide bonds. The van der Waals surface area contributed by atoms with Crippen molar-refractivity contribution in [2.75, 3.05) is 11.9 Å². The van der Waals surface area contributed by atoms with E-state index >= 15 is 0 Å². The quantitative estimate of drug-likeness (QED) is 0.783. The molecule has 0 bridgehead atoms. The summed E-state index contributed by atoms with van der Waals surface area (Å²) in [7, 11) is 0. The maximum absolute atomic E-state index is 12.6. The van der Waals surface area contributed by atoms with E-state index in [1.165, 1.54) is 0 Å². The van der Waals surface area contributed by atoms with Crippen molar-refractivity contribution in [2.45, 2.75) is 20.3 Å². The second-order valence-corrected chi connectivity index (χ2v) is 5.04. The van der Waals surface area contributed by atoms with E-state index in [0.717, 1.165) is 12.1 Å². The molecule has 1 N–H and O–H groups in total. The Bertz CT molecular complexity index is 843. The first-order chi connectivity index (χ1) is 11.2. The number of anilines is 1. The number of aryl methyl sites for hydroxylation is 1. The summed E-state index contributed by atoms with van der Waals surface area (Å²) >= 11 is 0. The summed E-state index contributed by atoms with van der Waals surface area (Å²) in [5, 5.41) is 6.97. The number of pyridine rings is 1. The Balaban J connectivity index is 1.90. The Morgan fingerprint density at radius 1 is 1.26 bits per heavy atom. The summed E-state index contributed by atoms with van der Waals surface area (Å²) < 4.78 is 7.15. The van der Waals surface area contributed by atoms with Crippen molar-refractivity contribution in [3.63, 3.8) is 0 Å². The Labute approximate surface area is 133 Å². The zero-order valence-electron chi connectivity index (χ0n) is 13.0. The lowest BCUT2D eigenvalue weighted by molar-refractivity contribution is 0.102. The molecule has 3 aromatic heterocycles. The van der Waals surface area contributed by atoms with E-state index in [-0.39, 0.29) is 5.91 Å². The van der Waals surface area contributed by atoms with Gasteiger partial charge in [0.05, 0.1) is 12.8 Å². The zero-order chi connectivity index (χ0) is 16.2. The minimum Gasteiger partial charge on any atom is -0.477 e. The van der Waals surface area contributed by atoms with Crippen molar-refractivity contribution in [1.29, 1.82) is 0 Å². The van der Waals surface area contributed by atoms with Crippen molar-refractivity contribution >= 4 is 17.4 Å². The highest BCUT2D eigenvalue weighted by molar-refractivity contribution is 6.05. The summed E-state index contributed by atoms with van der Waals surface area (Å²) in [4.78, 5) is 21.1. The standard InChI is InChI=1S/C16H17N5O2/c1-3-10-23-16-12(5-4-11(2)19-16)15(22)20-14-6-8-17-13-7-9-18-21(13)14/h4-9H,3,10H2,1-2H3,(H,20,22). The highest BCUT2D eigenvalue weighted by Gasteiger charge is 2.16. The van der Waals surface area contributed by atoms with Gasteiger partial charge in [0.2, 0.25) is 5.88 Å². The molecule has 118 valence electrons. The van der Waals surface area contributed by atoms with Gasteiger partial charge in [0, 0.05) is 18.0 Å². The number of ether oxygens (including phenoxy) is 1. The molecule has 3 rings (SSSR count). The minimum absolute atomic E-state index is 0.299. The topological polar surface area (TPSA) is 81.4 Å². The van der Waals surface area contributed by atoms with E-state index in [2.05, 4.69) is 20.4 Å². The molecule has 0 aliphatic heterocycles. The van der Waals surface area contributed by atoms with Crippen molar-refractivity contribution in [3.05, 3.63) is 47.9 Å². The van der Waals surface area contributed by atoms with Crippen molar-refractivity contribution in [1.82, 2.24) is 19.6 Å². The number of rotatable bonds is 5. The molecule has 0 unspecified atom stereocenters. The first kappa shape index (κ1) is 15.0. The van der Waals surface area contributed by atoms with Crippen molar-refractivity contribution in [3.8, 4) is 5.88 Å². The molecule has 0 atom stereocenters. The van der Waals surface area contributed by atoms with Gasteiger partial charge in [-0.05, 0) is 31.5 Å². The Morgan fingerprint density at radius 3 is 2.96 bits per heavy atom. The van der Waals surface area contributed by atoms with Crippen LogP contribution in [0.25, 0.3) is 5.65 Å². The van der Waals surface area contributed by atoms with Gasteiger partial charge in [-0.25, -0.2) is 9.97 Å². The number of nitrogens with zero attached hydrogens (tertiary/aromatic N) is 4. The van der Waals surface area contributed by atoms with Gasteiger partial charge in [-0.1, -0.05) is 6.92 Å². The van der Waals surface area contributed by atoms with Crippen LogP contribution < -0.4 is 10.1 Å². The van der Waals surface area contributed by atoms with Crippen LogP contribution in [0.5, 0.6) is 5.88 Å². The number of fused-ring (bicyclic) bond motifs is 1. The predicted molar refractivity (Wildman–Crippen MR) is 85.7 cm³/mol. The smallest absolute Gasteiger partial charge is 0.262 e. The third-order valence-electron chi connectivity index (χ3n) is 3.22. The van der Waals surface area contributed by atoms with Gasteiger partial charge in [0.1, 0.15) is 11.4 Å². The fourth-order valence-corrected chi connectivity index (χ4v) is 2.13. The fourth-order valence-electron chi connectivity index (χ4n) is 2.13. The maximum atomic E-state index is 12.6.